The molecule has 0 aliphatic carbocycles. The number of nitro groups is 1. The summed E-state index contributed by atoms with van der Waals surface area (Å²) in [7, 11) is 0. The Morgan fingerprint density at radius 1 is 1.35 bits per heavy atom. The van der Waals surface area contributed by atoms with Crippen molar-refractivity contribution in [2.75, 3.05) is 24.6 Å². The van der Waals surface area contributed by atoms with E-state index in [2.05, 4.69) is 10.3 Å². The van der Waals surface area contributed by atoms with Crippen LogP contribution in [-0.2, 0) is 27.4 Å². The fourth-order valence-electron chi connectivity index (χ4n) is 4.03. The molecule has 0 radical (unpaired) electrons. The van der Waals surface area contributed by atoms with Gasteiger partial charge in [0, 0.05) is 27.2 Å². The number of halogens is 1. The molecule has 14 heteroatoms. The molecule has 2 atom stereocenters. The third-order valence-electron chi connectivity index (χ3n) is 5.82. The van der Waals surface area contributed by atoms with Gasteiger partial charge in [0.25, 0.3) is 0 Å². The summed E-state index contributed by atoms with van der Waals surface area (Å²) >= 11 is 1.37. The summed E-state index contributed by atoms with van der Waals surface area (Å²) in [5.74, 6) is -0.992. The zero-order valence-electron chi connectivity index (χ0n) is 19.6. The molecule has 5 rings (SSSR count). The van der Waals surface area contributed by atoms with Crippen molar-refractivity contribution >= 4 is 34.8 Å². The number of thiophene rings is 1. The minimum absolute atomic E-state index is 0.189. The summed E-state index contributed by atoms with van der Waals surface area (Å²) in [5.41, 5.74) is 0.756. The van der Waals surface area contributed by atoms with E-state index in [1.807, 2.05) is 6.07 Å². The highest BCUT2D eigenvalue weighted by molar-refractivity contribution is 7.15. The highest BCUT2D eigenvalue weighted by Crippen LogP contribution is 2.34. The van der Waals surface area contributed by atoms with Gasteiger partial charge in [-0.3, -0.25) is 14.3 Å². The predicted octanol–water partition coefficient (Wildman–Crippen LogP) is 3.10. The van der Waals surface area contributed by atoms with Crippen LogP contribution in [0.4, 0.5) is 20.7 Å². The highest BCUT2D eigenvalue weighted by Gasteiger charge is 2.33. The lowest BCUT2D eigenvalue weighted by atomic mass is 10.1. The van der Waals surface area contributed by atoms with Crippen LogP contribution in [0.5, 0.6) is 6.01 Å². The quantitative estimate of drug-likeness (QED) is 0.346. The maximum Gasteiger partial charge on any atom is 0.414 e. The number of carbonyl (C=O) groups excluding carboxylic acids is 2. The van der Waals surface area contributed by atoms with E-state index in [1.165, 1.54) is 35.4 Å². The van der Waals surface area contributed by atoms with Crippen molar-refractivity contribution in [2.45, 2.75) is 32.3 Å². The molecular formula is C23H22FN5O7S. The Morgan fingerprint density at radius 3 is 2.95 bits per heavy atom. The van der Waals surface area contributed by atoms with E-state index in [4.69, 9.17) is 14.2 Å². The molecule has 12 nitrogen and oxygen atoms in total. The van der Waals surface area contributed by atoms with E-state index >= 15 is 4.39 Å². The Hall–Kier alpha value is -4.04. The van der Waals surface area contributed by atoms with Crippen molar-refractivity contribution < 1.29 is 33.1 Å². The number of hydrogen-bond donors (Lipinski definition) is 1. The molecule has 0 spiro atoms. The number of fused-ring (bicyclic) bond motifs is 1. The number of nitrogens with one attached hydrogen (secondary N) is 1. The van der Waals surface area contributed by atoms with Gasteiger partial charge in [-0.2, -0.15) is 0 Å². The van der Waals surface area contributed by atoms with Gasteiger partial charge in [0.1, 0.15) is 30.8 Å². The second-order valence-corrected chi connectivity index (χ2v) is 9.69. The first kappa shape index (κ1) is 24.6. The lowest BCUT2D eigenvalue weighted by Crippen LogP contribution is -2.33. The second-order valence-electron chi connectivity index (χ2n) is 8.52. The zero-order chi connectivity index (χ0) is 26.1. The van der Waals surface area contributed by atoms with Gasteiger partial charge in [-0.15, -0.1) is 11.3 Å². The molecule has 194 valence electrons. The maximum absolute atomic E-state index is 15.0. The van der Waals surface area contributed by atoms with Crippen LogP contribution in [0.15, 0.2) is 36.5 Å². The number of carbonyl (C=O) groups is 2. The lowest BCUT2D eigenvalue weighted by Gasteiger charge is -2.22. The Balaban J connectivity index is 1.19. The molecular weight excluding hydrogens is 509 g/mol. The van der Waals surface area contributed by atoms with Crippen LogP contribution in [0.2, 0.25) is 0 Å². The van der Waals surface area contributed by atoms with Gasteiger partial charge >= 0.3 is 17.9 Å². The summed E-state index contributed by atoms with van der Waals surface area (Å²) in [4.78, 5) is 40.3. The van der Waals surface area contributed by atoms with Crippen molar-refractivity contribution in [2.24, 2.45) is 0 Å². The van der Waals surface area contributed by atoms with Gasteiger partial charge in [0.15, 0.2) is 0 Å². The van der Waals surface area contributed by atoms with Crippen LogP contribution < -0.4 is 15.0 Å². The normalized spacial score (nSPS) is 18.8. The summed E-state index contributed by atoms with van der Waals surface area (Å²) in [6, 6.07) is 8.37. The maximum atomic E-state index is 15.0. The first-order valence-corrected chi connectivity index (χ1v) is 12.2. The van der Waals surface area contributed by atoms with Crippen LogP contribution in [0.25, 0.3) is 10.4 Å². The van der Waals surface area contributed by atoms with E-state index < -0.39 is 22.9 Å². The minimum atomic E-state index is -0.595. The van der Waals surface area contributed by atoms with Crippen LogP contribution >= 0.6 is 11.3 Å². The van der Waals surface area contributed by atoms with Crippen LogP contribution in [0.1, 0.15) is 11.8 Å². The number of nitrogens with zero attached hydrogens (tertiary/aromatic N) is 4. The Kier molecular flexibility index (Phi) is 6.76. The fraction of sp³-hybridized carbons (Fsp3) is 0.348. The van der Waals surface area contributed by atoms with E-state index in [0.29, 0.717) is 22.7 Å². The number of imidazole rings is 1. The van der Waals surface area contributed by atoms with Crippen molar-refractivity contribution in [1.82, 2.24) is 14.9 Å². The van der Waals surface area contributed by atoms with Crippen LogP contribution in [0, 0.1) is 15.9 Å². The molecule has 1 aromatic carbocycles. The Morgan fingerprint density at radius 2 is 2.19 bits per heavy atom. The lowest BCUT2D eigenvalue weighted by molar-refractivity contribution is -0.389. The summed E-state index contributed by atoms with van der Waals surface area (Å²) in [6.07, 6.45) is -0.116. The van der Waals surface area contributed by atoms with Crippen molar-refractivity contribution in [3.05, 3.63) is 57.3 Å². The van der Waals surface area contributed by atoms with Gasteiger partial charge in [0.2, 0.25) is 5.91 Å². The predicted molar refractivity (Wildman–Crippen MR) is 129 cm³/mol. The number of rotatable bonds is 8. The smallest absolute Gasteiger partial charge is 0.414 e. The summed E-state index contributed by atoms with van der Waals surface area (Å²) in [6.45, 7) is 2.62. The Bertz CT molecular complexity index is 1360. The van der Waals surface area contributed by atoms with Gasteiger partial charge in [-0.25, -0.2) is 9.18 Å². The largest absolute Gasteiger partial charge is 0.443 e. The van der Waals surface area contributed by atoms with Gasteiger partial charge in [-0.05, 0) is 35.3 Å². The van der Waals surface area contributed by atoms with Crippen molar-refractivity contribution in [3.8, 4) is 16.5 Å². The molecule has 1 N–H and O–H groups in total. The molecule has 2 amide bonds. The standard InChI is InChI=1S/C23H22FN5O7S/c1-13(30)25-7-15-9-28(23(31)36-15)14-2-4-18(19(24)6-14)20-5-3-17(37-20)12-34-16-8-27-10-21(29(32)33)26-22(27)35-11-16/h2-6,10,15-16H,7-9,11-12H2,1H3,(H,25,30)/t15-,16-/m0/s1. The molecule has 3 aromatic rings. The monoisotopic (exact) mass is 531 g/mol. The van der Waals surface area contributed by atoms with Gasteiger partial charge in [0.05, 0.1) is 31.9 Å². The molecule has 2 aromatic heterocycles. The molecule has 2 aliphatic rings. The molecule has 0 saturated carbocycles. The molecule has 37 heavy (non-hydrogen) atoms. The molecule has 1 saturated heterocycles. The Labute approximate surface area is 213 Å². The van der Waals surface area contributed by atoms with E-state index in [-0.39, 0.29) is 50.1 Å². The number of cyclic esters (lactones) is 1. The first-order valence-electron chi connectivity index (χ1n) is 11.3. The first-order chi connectivity index (χ1) is 17.8. The number of hydrogen-bond acceptors (Lipinski definition) is 9. The SMILES string of the molecule is CC(=O)NC[C@H]1CN(c2ccc(-c3ccc(CO[C@@H]4COc5nc([N+](=O)[O-])cn5C4)s3)c(F)c2)C(=O)O1. The van der Waals surface area contributed by atoms with E-state index in [0.717, 1.165) is 4.88 Å². The summed E-state index contributed by atoms with van der Waals surface area (Å²) in [5, 5.41) is 13.5. The van der Waals surface area contributed by atoms with Crippen molar-refractivity contribution in [3.63, 3.8) is 0 Å². The zero-order valence-corrected chi connectivity index (χ0v) is 20.4. The second kappa shape index (κ2) is 10.1. The number of benzene rings is 1. The molecule has 1 fully saturated rings. The summed E-state index contributed by atoms with van der Waals surface area (Å²) < 4.78 is 33.2. The van der Waals surface area contributed by atoms with E-state index in [9.17, 15) is 19.7 Å². The number of amides is 2. The number of aromatic nitrogens is 2. The topological polar surface area (TPSA) is 138 Å². The average Bonchev–Trinajstić information content (AvgIpc) is 3.59. The third-order valence-corrected chi connectivity index (χ3v) is 6.91. The van der Waals surface area contributed by atoms with Crippen LogP contribution in [0.3, 0.4) is 0 Å². The van der Waals surface area contributed by atoms with Crippen molar-refractivity contribution in [1.29, 1.82) is 0 Å². The number of anilines is 1. The van der Waals surface area contributed by atoms with E-state index in [1.54, 1.807) is 22.8 Å². The molecule has 0 bridgehead atoms. The van der Waals surface area contributed by atoms with Gasteiger partial charge in [-0.1, -0.05) is 0 Å². The average molecular weight is 532 g/mol. The number of ether oxygens (including phenoxy) is 3. The van der Waals surface area contributed by atoms with Crippen LogP contribution in [-0.4, -0.2) is 58.4 Å². The third kappa shape index (κ3) is 5.39. The minimum Gasteiger partial charge on any atom is -0.443 e. The highest BCUT2D eigenvalue weighted by atomic mass is 32.1. The molecule has 0 unspecified atom stereocenters. The molecule has 4 heterocycles. The van der Waals surface area contributed by atoms with Gasteiger partial charge < -0.3 is 29.6 Å². The molecule has 2 aliphatic heterocycles. The fourth-order valence-corrected chi connectivity index (χ4v) is 4.99.